The van der Waals surface area contributed by atoms with Gasteiger partial charge in [0.25, 0.3) is 0 Å². The van der Waals surface area contributed by atoms with E-state index in [-0.39, 0.29) is 6.04 Å². The highest BCUT2D eigenvalue weighted by atomic mass is 79.9. The number of halogens is 2. The number of thiophene rings is 1. The molecule has 0 aliphatic rings. The fourth-order valence-corrected chi connectivity index (χ4v) is 3.28. The zero-order chi connectivity index (χ0) is 11.3. The Morgan fingerprint density at radius 1 is 1.60 bits per heavy atom. The molecule has 1 rings (SSSR count). The molecular formula is C10H12Br2N2S. The second-order valence-corrected chi connectivity index (χ2v) is 6.12. The summed E-state index contributed by atoms with van der Waals surface area (Å²) in [7, 11) is 0. The highest BCUT2D eigenvalue weighted by Gasteiger charge is 2.13. The first-order valence-corrected chi connectivity index (χ1v) is 6.87. The van der Waals surface area contributed by atoms with Crippen LogP contribution in [0, 0.1) is 11.8 Å². The molecule has 0 amide bonds. The molecule has 0 fully saturated rings. The van der Waals surface area contributed by atoms with Gasteiger partial charge in [0.1, 0.15) is 0 Å². The predicted octanol–water partition coefficient (Wildman–Crippen LogP) is 2.89. The quantitative estimate of drug-likeness (QED) is 0.818. The summed E-state index contributed by atoms with van der Waals surface area (Å²) in [5, 5.41) is 3.30. The molecular weight excluding hydrogens is 340 g/mol. The van der Waals surface area contributed by atoms with E-state index in [2.05, 4.69) is 55.1 Å². The lowest BCUT2D eigenvalue weighted by Gasteiger charge is -2.12. The number of hydrogen-bond donors (Lipinski definition) is 2. The molecule has 15 heavy (non-hydrogen) atoms. The van der Waals surface area contributed by atoms with E-state index in [1.165, 1.54) is 4.88 Å². The second kappa shape index (κ2) is 6.66. The minimum Gasteiger partial charge on any atom is -0.329 e. The highest BCUT2D eigenvalue weighted by molar-refractivity contribution is 9.13. The van der Waals surface area contributed by atoms with Crippen LogP contribution in [0.2, 0.25) is 0 Å². The number of hydrogen-bond acceptors (Lipinski definition) is 3. The predicted molar refractivity (Wildman–Crippen MR) is 73.0 cm³/mol. The average molecular weight is 352 g/mol. The van der Waals surface area contributed by atoms with Gasteiger partial charge < -0.3 is 5.73 Å². The fourth-order valence-electron chi connectivity index (χ4n) is 1.10. The van der Waals surface area contributed by atoms with Crippen molar-refractivity contribution in [2.75, 3.05) is 13.1 Å². The van der Waals surface area contributed by atoms with E-state index < -0.39 is 0 Å². The van der Waals surface area contributed by atoms with Crippen molar-refractivity contribution >= 4 is 43.2 Å². The van der Waals surface area contributed by atoms with E-state index in [0.29, 0.717) is 13.1 Å². The van der Waals surface area contributed by atoms with Crippen molar-refractivity contribution in [1.82, 2.24) is 5.32 Å². The maximum absolute atomic E-state index is 5.71. The lowest BCUT2D eigenvalue weighted by atomic mass is 10.2. The van der Waals surface area contributed by atoms with Crippen molar-refractivity contribution in [2.45, 2.75) is 13.0 Å². The number of rotatable bonds is 4. The van der Waals surface area contributed by atoms with Crippen LogP contribution < -0.4 is 11.1 Å². The van der Waals surface area contributed by atoms with Crippen LogP contribution in [0.1, 0.15) is 17.8 Å². The van der Waals surface area contributed by atoms with Gasteiger partial charge in [-0.15, -0.1) is 17.3 Å². The maximum atomic E-state index is 5.71. The average Bonchev–Trinajstić information content (AvgIpc) is 2.54. The summed E-state index contributed by atoms with van der Waals surface area (Å²) in [6.45, 7) is 3.08. The molecule has 0 aliphatic heterocycles. The summed E-state index contributed by atoms with van der Waals surface area (Å²) < 4.78 is 2.17. The van der Waals surface area contributed by atoms with Crippen LogP contribution in [0.4, 0.5) is 0 Å². The van der Waals surface area contributed by atoms with Crippen LogP contribution in [0.5, 0.6) is 0 Å². The van der Waals surface area contributed by atoms with E-state index >= 15 is 0 Å². The SMILES string of the molecule is CC#CCNC(CN)c1cc(Br)c(Br)s1. The third kappa shape index (κ3) is 3.89. The summed E-state index contributed by atoms with van der Waals surface area (Å²) in [4.78, 5) is 1.22. The smallest absolute Gasteiger partial charge is 0.0843 e. The van der Waals surface area contributed by atoms with Gasteiger partial charge >= 0.3 is 0 Å². The van der Waals surface area contributed by atoms with Gasteiger partial charge in [0.05, 0.1) is 16.4 Å². The maximum Gasteiger partial charge on any atom is 0.0843 e. The van der Waals surface area contributed by atoms with Crippen molar-refractivity contribution in [1.29, 1.82) is 0 Å². The van der Waals surface area contributed by atoms with E-state index in [9.17, 15) is 0 Å². The summed E-state index contributed by atoms with van der Waals surface area (Å²) >= 11 is 8.62. The molecule has 5 heteroatoms. The van der Waals surface area contributed by atoms with Gasteiger partial charge in [0, 0.05) is 15.9 Å². The summed E-state index contributed by atoms with van der Waals surface area (Å²) in [6.07, 6.45) is 0. The minimum atomic E-state index is 0.179. The van der Waals surface area contributed by atoms with E-state index in [4.69, 9.17) is 5.73 Å². The van der Waals surface area contributed by atoms with E-state index in [0.717, 1.165) is 8.26 Å². The Labute approximate surface area is 111 Å². The Bertz CT molecular complexity index is 359. The zero-order valence-electron chi connectivity index (χ0n) is 8.31. The first-order valence-electron chi connectivity index (χ1n) is 4.46. The van der Waals surface area contributed by atoms with E-state index in [1.54, 1.807) is 11.3 Å². The van der Waals surface area contributed by atoms with Crippen LogP contribution in [0.25, 0.3) is 0 Å². The molecule has 1 aromatic heterocycles. The molecule has 2 nitrogen and oxygen atoms in total. The van der Waals surface area contributed by atoms with Crippen LogP contribution in [0.3, 0.4) is 0 Å². The molecule has 0 aromatic carbocycles. The Hall–Kier alpha value is 0.140. The largest absolute Gasteiger partial charge is 0.329 e. The van der Waals surface area contributed by atoms with Crippen molar-refractivity contribution in [2.24, 2.45) is 5.73 Å². The van der Waals surface area contributed by atoms with Crippen LogP contribution in [-0.4, -0.2) is 13.1 Å². The van der Waals surface area contributed by atoms with Crippen molar-refractivity contribution in [3.05, 3.63) is 19.2 Å². The lowest BCUT2D eigenvalue weighted by Crippen LogP contribution is -2.27. The highest BCUT2D eigenvalue weighted by Crippen LogP contribution is 2.35. The molecule has 3 N–H and O–H groups in total. The van der Waals surface area contributed by atoms with Crippen molar-refractivity contribution < 1.29 is 0 Å². The van der Waals surface area contributed by atoms with Crippen LogP contribution >= 0.6 is 43.2 Å². The van der Waals surface area contributed by atoms with Crippen LogP contribution in [0.15, 0.2) is 14.3 Å². The second-order valence-electron chi connectivity index (χ2n) is 2.87. The normalized spacial score (nSPS) is 12.0. The van der Waals surface area contributed by atoms with Crippen molar-refractivity contribution in [3.63, 3.8) is 0 Å². The molecule has 0 saturated carbocycles. The first-order chi connectivity index (χ1) is 7.19. The minimum absolute atomic E-state index is 0.179. The van der Waals surface area contributed by atoms with Crippen LogP contribution in [-0.2, 0) is 0 Å². The molecule has 1 unspecified atom stereocenters. The topological polar surface area (TPSA) is 38.0 Å². The van der Waals surface area contributed by atoms with Gasteiger partial charge in [-0.2, -0.15) is 0 Å². The molecule has 0 aliphatic carbocycles. The van der Waals surface area contributed by atoms with Gasteiger partial charge in [0.15, 0.2) is 0 Å². The first kappa shape index (κ1) is 13.2. The summed E-state index contributed by atoms with van der Waals surface area (Å²) in [5.74, 6) is 5.82. The molecule has 1 atom stereocenters. The molecule has 1 heterocycles. The standard InChI is InChI=1S/C10H12Br2N2S/c1-2-3-4-14-8(6-13)9-5-7(11)10(12)15-9/h5,8,14H,4,6,13H2,1H3. The third-order valence-corrected chi connectivity index (χ3v) is 5.23. The Kier molecular flexibility index (Phi) is 5.87. The molecule has 0 bridgehead atoms. The van der Waals surface area contributed by atoms with E-state index in [1.807, 2.05) is 6.92 Å². The fraction of sp³-hybridized carbons (Fsp3) is 0.400. The van der Waals surface area contributed by atoms with Gasteiger partial charge in [-0.3, -0.25) is 5.32 Å². The molecule has 1 aromatic rings. The molecule has 0 saturated heterocycles. The Morgan fingerprint density at radius 3 is 2.80 bits per heavy atom. The zero-order valence-corrected chi connectivity index (χ0v) is 12.3. The number of nitrogens with two attached hydrogens (primary N) is 1. The van der Waals surface area contributed by atoms with Gasteiger partial charge in [-0.25, -0.2) is 0 Å². The summed E-state index contributed by atoms with van der Waals surface area (Å²) in [5.41, 5.74) is 5.71. The number of nitrogens with one attached hydrogen (secondary N) is 1. The molecule has 0 radical (unpaired) electrons. The Morgan fingerprint density at radius 2 is 2.33 bits per heavy atom. The van der Waals surface area contributed by atoms with Gasteiger partial charge in [-0.1, -0.05) is 5.92 Å². The summed E-state index contributed by atoms with van der Waals surface area (Å²) in [6, 6.07) is 2.26. The van der Waals surface area contributed by atoms with Gasteiger partial charge in [-0.05, 0) is 44.8 Å². The molecule has 82 valence electrons. The lowest BCUT2D eigenvalue weighted by molar-refractivity contribution is 0.591. The monoisotopic (exact) mass is 350 g/mol. The Balaban J connectivity index is 2.68. The van der Waals surface area contributed by atoms with Crippen molar-refractivity contribution in [3.8, 4) is 11.8 Å². The third-order valence-electron chi connectivity index (χ3n) is 1.86. The van der Waals surface area contributed by atoms with Gasteiger partial charge in [0.2, 0.25) is 0 Å². The molecule has 0 spiro atoms.